The number of unbranched alkanes of at least 4 members (excludes halogenated alkanes) is 1. The smallest absolute Gasteiger partial charge is 0.409 e. The minimum Gasteiger partial charge on any atom is -0.449 e. The maximum Gasteiger partial charge on any atom is 0.409 e. The van der Waals surface area contributed by atoms with Gasteiger partial charge in [-0.05, 0) is 25.5 Å². The van der Waals surface area contributed by atoms with Gasteiger partial charge < -0.3 is 20.1 Å². The topological polar surface area (TPSA) is 87.6 Å². The highest BCUT2D eigenvalue weighted by Gasteiger charge is 2.24. The maximum absolute atomic E-state index is 11.9. The Kier molecular flexibility index (Phi) is 7.58. The number of carbonyl (C=O) groups is 1. The summed E-state index contributed by atoms with van der Waals surface area (Å²) in [4.78, 5) is 22.3. The lowest BCUT2D eigenvalue weighted by atomic mass is 10.1. The van der Waals surface area contributed by atoms with Crippen molar-refractivity contribution in [2.45, 2.75) is 50.4 Å². The third-order valence-corrected chi connectivity index (χ3v) is 4.57. The van der Waals surface area contributed by atoms with E-state index in [-0.39, 0.29) is 18.7 Å². The van der Waals surface area contributed by atoms with Gasteiger partial charge in [-0.1, -0.05) is 25.1 Å². The molecule has 0 aliphatic carbocycles. The molecular weight excluding hydrogens is 328 g/mol. The van der Waals surface area contributed by atoms with E-state index >= 15 is 0 Å². The van der Waals surface area contributed by atoms with E-state index in [9.17, 15) is 9.90 Å². The van der Waals surface area contributed by atoms with Gasteiger partial charge in [-0.3, -0.25) is 0 Å². The highest BCUT2D eigenvalue weighted by molar-refractivity contribution is 7.98. The van der Waals surface area contributed by atoms with Crippen LogP contribution in [0.3, 0.4) is 0 Å². The fraction of sp³-hybridized carbons (Fsp3) is 0.688. The molecule has 24 heavy (non-hydrogen) atoms. The number of aromatic nitrogens is 2. The summed E-state index contributed by atoms with van der Waals surface area (Å²) in [6, 6.07) is 0.222. The van der Waals surface area contributed by atoms with Gasteiger partial charge in [0.15, 0.2) is 5.16 Å². The fourth-order valence-corrected chi connectivity index (χ4v) is 2.87. The highest BCUT2D eigenvalue weighted by Crippen LogP contribution is 2.21. The van der Waals surface area contributed by atoms with Gasteiger partial charge in [0.25, 0.3) is 0 Å². The van der Waals surface area contributed by atoms with Crippen LogP contribution in [0.25, 0.3) is 0 Å². The Labute approximate surface area is 147 Å². The summed E-state index contributed by atoms with van der Waals surface area (Å²) in [6.45, 7) is 3.79. The number of rotatable bonds is 7. The summed E-state index contributed by atoms with van der Waals surface area (Å²) in [5, 5.41) is 13.5. The third kappa shape index (κ3) is 5.24. The Morgan fingerprint density at radius 3 is 2.88 bits per heavy atom. The standard InChI is InChI=1S/C16H26N4O3S/c1-3-4-9-23-16(22)20-7-5-13(6-8-20)18-14-12(11-21)10-17-15(19-14)24-2/h10,13,21H,3-9,11H2,1-2H3,(H,17,18,19). The molecule has 0 unspecified atom stereocenters. The largest absolute Gasteiger partial charge is 0.449 e. The van der Waals surface area contributed by atoms with Crippen molar-refractivity contribution in [3.63, 3.8) is 0 Å². The lowest BCUT2D eigenvalue weighted by Gasteiger charge is -2.32. The molecule has 0 bridgehead atoms. The Hall–Kier alpha value is -1.54. The molecule has 0 saturated carbocycles. The molecule has 1 fully saturated rings. The average molecular weight is 354 g/mol. The first-order chi connectivity index (χ1) is 11.7. The predicted octanol–water partition coefficient (Wildman–Crippen LogP) is 2.50. The number of carbonyl (C=O) groups excluding carboxylic acids is 1. The normalized spacial score (nSPS) is 15.4. The molecule has 1 saturated heterocycles. The third-order valence-electron chi connectivity index (χ3n) is 4.01. The second-order valence-electron chi connectivity index (χ2n) is 5.76. The number of nitrogens with zero attached hydrogens (tertiary/aromatic N) is 3. The second-order valence-corrected chi connectivity index (χ2v) is 6.54. The number of nitrogens with one attached hydrogen (secondary N) is 1. The Morgan fingerprint density at radius 2 is 2.25 bits per heavy atom. The summed E-state index contributed by atoms with van der Waals surface area (Å²) in [5.41, 5.74) is 0.689. The first-order valence-electron chi connectivity index (χ1n) is 8.37. The van der Waals surface area contributed by atoms with Crippen LogP contribution in [-0.4, -0.2) is 58.1 Å². The van der Waals surface area contributed by atoms with Gasteiger partial charge >= 0.3 is 6.09 Å². The van der Waals surface area contributed by atoms with E-state index in [0.717, 1.165) is 25.7 Å². The van der Waals surface area contributed by atoms with Crippen molar-refractivity contribution in [2.75, 3.05) is 31.3 Å². The molecule has 1 amide bonds. The van der Waals surface area contributed by atoms with E-state index in [1.54, 1.807) is 11.1 Å². The van der Waals surface area contributed by atoms with E-state index in [1.165, 1.54) is 11.8 Å². The van der Waals surface area contributed by atoms with Crippen molar-refractivity contribution in [1.29, 1.82) is 0 Å². The van der Waals surface area contributed by atoms with E-state index in [0.29, 0.717) is 36.2 Å². The summed E-state index contributed by atoms with van der Waals surface area (Å²) < 4.78 is 5.25. The number of piperidine rings is 1. The monoisotopic (exact) mass is 354 g/mol. The lowest BCUT2D eigenvalue weighted by molar-refractivity contribution is 0.0927. The molecule has 1 aromatic heterocycles. The van der Waals surface area contributed by atoms with E-state index in [4.69, 9.17) is 4.74 Å². The van der Waals surface area contributed by atoms with Crippen molar-refractivity contribution in [3.05, 3.63) is 11.8 Å². The maximum atomic E-state index is 11.9. The van der Waals surface area contributed by atoms with Gasteiger partial charge in [0.2, 0.25) is 0 Å². The Morgan fingerprint density at radius 1 is 1.50 bits per heavy atom. The van der Waals surface area contributed by atoms with Crippen molar-refractivity contribution in [1.82, 2.24) is 14.9 Å². The van der Waals surface area contributed by atoms with Crippen molar-refractivity contribution < 1.29 is 14.6 Å². The van der Waals surface area contributed by atoms with Crippen molar-refractivity contribution >= 4 is 23.7 Å². The van der Waals surface area contributed by atoms with Crippen LogP contribution in [0, 0.1) is 0 Å². The molecule has 134 valence electrons. The zero-order chi connectivity index (χ0) is 17.4. The fourth-order valence-electron chi connectivity index (χ4n) is 2.52. The van der Waals surface area contributed by atoms with Gasteiger partial charge in [-0.2, -0.15) is 0 Å². The highest BCUT2D eigenvalue weighted by atomic mass is 32.2. The molecule has 0 aromatic carbocycles. The number of aliphatic hydroxyl groups is 1. The Bertz CT molecular complexity index is 536. The first kappa shape index (κ1) is 18.8. The number of hydrogen-bond acceptors (Lipinski definition) is 7. The van der Waals surface area contributed by atoms with Crippen LogP contribution in [0.4, 0.5) is 10.6 Å². The molecule has 1 aliphatic rings. The molecule has 0 radical (unpaired) electrons. The number of ether oxygens (including phenoxy) is 1. The van der Waals surface area contributed by atoms with Crippen LogP contribution in [0.1, 0.15) is 38.2 Å². The van der Waals surface area contributed by atoms with Crippen LogP contribution in [-0.2, 0) is 11.3 Å². The average Bonchev–Trinajstić information content (AvgIpc) is 2.62. The van der Waals surface area contributed by atoms with Gasteiger partial charge in [0.05, 0.1) is 13.2 Å². The van der Waals surface area contributed by atoms with Gasteiger partial charge in [0, 0.05) is 30.9 Å². The molecule has 8 heteroatoms. The summed E-state index contributed by atoms with van der Waals surface area (Å²) in [7, 11) is 0. The molecule has 2 N–H and O–H groups in total. The molecule has 7 nitrogen and oxygen atoms in total. The summed E-state index contributed by atoms with van der Waals surface area (Å²) in [6.07, 6.45) is 6.92. The van der Waals surface area contributed by atoms with Crippen LogP contribution in [0.2, 0.25) is 0 Å². The van der Waals surface area contributed by atoms with E-state index < -0.39 is 0 Å². The SMILES string of the molecule is CCCCOC(=O)N1CCC(Nc2nc(SC)ncc2CO)CC1. The first-order valence-corrected chi connectivity index (χ1v) is 9.59. The molecule has 1 aromatic rings. The number of likely N-dealkylation sites (tertiary alicyclic amines) is 1. The zero-order valence-electron chi connectivity index (χ0n) is 14.3. The minimum atomic E-state index is -0.218. The van der Waals surface area contributed by atoms with Crippen LogP contribution >= 0.6 is 11.8 Å². The number of thioether (sulfide) groups is 1. The summed E-state index contributed by atoms with van der Waals surface area (Å²) >= 11 is 1.46. The van der Waals surface area contributed by atoms with Gasteiger partial charge in [-0.25, -0.2) is 14.8 Å². The molecule has 1 aliphatic heterocycles. The Balaban J connectivity index is 1.86. The zero-order valence-corrected chi connectivity index (χ0v) is 15.1. The van der Waals surface area contributed by atoms with Gasteiger partial charge in [0.1, 0.15) is 5.82 Å². The second kappa shape index (κ2) is 9.68. The van der Waals surface area contributed by atoms with Crippen molar-refractivity contribution in [2.24, 2.45) is 0 Å². The number of anilines is 1. The number of hydrogen-bond donors (Lipinski definition) is 2. The van der Waals surface area contributed by atoms with Gasteiger partial charge in [-0.15, -0.1) is 0 Å². The minimum absolute atomic E-state index is 0.0976. The van der Waals surface area contributed by atoms with Crippen LogP contribution in [0.5, 0.6) is 0 Å². The number of aliphatic hydroxyl groups excluding tert-OH is 1. The summed E-state index contributed by atoms with van der Waals surface area (Å²) in [5.74, 6) is 0.681. The van der Waals surface area contributed by atoms with Crippen LogP contribution in [0.15, 0.2) is 11.4 Å². The van der Waals surface area contributed by atoms with Crippen molar-refractivity contribution in [3.8, 4) is 0 Å². The molecule has 0 atom stereocenters. The number of amides is 1. The van der Waals surface area contributed by atoms with E-state index in [1.807, 2.05) is 6.26 Å². The quantitative estimate of drug-likeness (QED) is 0.442. The van der Waals surface area contributed by atoms with E-state index in [2.05, 4.69) is 22.2 Å². The molecule has 0 spiro atoms. The van der Waals surface area contributed by atoms with Crippen LogP contribution < -0.4 is 5.32 Å². The molecular formula is C16H26N4O3S. The predicted molar refractivity (Wildman–Crippen MR) is 94.2 cm³/mol. The lowest BCUT2D eigenvalue weighted by Crippen LogP contribution is -2.43. The molecule has 2 heterocycles. The molecule has 2 rings (SSSR count).